The summed E-state index contributed by atoms with van der Waals surface area (Å²) in [6.07, 6.45) is 0. The van der Waals surface area contributed by atoms with E-state index in [1.807, 2.05) is 0 Å². The first kappa shape index (κ1) is 20.8. The number of ketones is 1. The number of aryl methyl sites for hydroxylation is 1. The molecule has 0 fully saturated rings. The molecule has 0 radical (unpaired) electrons. The lowest BCUT2D eigenvalue weighted by Gasteiger charge is -2.20. The van der Waals surface area contributed by atoms with Crippen LogP contribution in [-0.2, 0) is 10.0 Å². The van der Waals surface area contributed by atoms with Crippen LogP contribution in [0, 0.1) is 6.92 Å². The van der Waals surface area contributed by atoms with Crippen molar-refractivity contribution in [2.45, 2.75) is 32.6 Å². The normalized spacial score (nSPS) is 11.4. The minimum atomic E-state index is -3.67. The Balaban J connectivity index is 2.36. The van der Waals surface area contributed by atoms with Crippen molar-refractivity contribution in [3.05, 3.63) is 59.2 Å². The van der Waals surface area contributed by atoms with Crippen LogP contribution in [0.4, 0.5) is 5.69 Å². The Morgan fingerprint density at radius 2 is 1.67 bits per heavy atom. The van der Waals surface area contributed by atoms with Crippen molar-refractivity contribution >= 4 is 27.4 Å². The third-order valence-corrected chi connectivity index (χ3v) is 6.49. The van der Waals surface area contributed by atoms with Crippen LogP contribution in [0.3, 0.4) is 0 Å². The second-order valence-electron chi connectivity index (χ2n) is 6.16. The average Bonchev–Trinajstić information content (AvgIpc) is 2.62. The Morgan fingerprint density at radius 3 is 2.26 bits per heavy atom. The number of hydrogen-bond donors (Lipinski definition) is 1. The third kappa shape index (κ3) is 4.61. The fourth-order valence-electron chi connectivity index (χ4n) is 2.74. The molecule has 0 aliphatic carbocycles. The van der Waals surface area contributed by atoms with Gasteiger partial charge in [0.25, 0.3) is 5.91 Å². The van der Waals surface area contributed by atoms with E-state index in [4.69, 9.17) is 0 Å². The standard InChI is InChI=1S/C20H24N2O4S/c1-5-22(6-2)27(25,26)19-13-17(11-10-14(19)3)20(24)21-18-9-7-8-16(12-18)15(4)23/h7-13H,5-6H2,1-4H3,(H,21,24). The quantitative estimate of drug-likeness (QED) is 0.736. The Morgan fingerprint density at radius 1 is 1.00 bits per heavy atom. The van der Waals surface area contributed by atoms with Gasteiger partial charge in [-0.25, -0.2) is 8.42 Å². The molecule has 27 heavy (non-hydrogen) atoms. The molecular weight excluding hydrogens is 364 g/mol. The van der Waals surface area contributed by atoms with Crippen LogP contribution in [0.15, 0.2) is 47.4 Å². The van der Waals surface area contributed by atoms with Gasteiger partial charge in [0.15, 0.2) is 5.78 Å². The molecular formula is C20H24N2O4S. The van der Waals surface area contributed by atoms with Crippen LogP contribution in [0.25, 0.3) is 0 Å². The number of sulfonamides is 1. The van der Waals surface area contributed by atoms with E-state index in [1.165, 1.54) is 17.3 Å². The number of benzene rings is 2. The van der Waals surface area contributed by atoms with Crippen LogP contribution in [-0.4, -0.2) is 37.5 Å². The second-order valence-corrected chi connectivity index (χ2v) is 8.07. The summed E-state index contributed by atoms with van der Waals surface area (Å²) in [6, 6.07) is 11.2. The van der Waals surface area contributed by atoms with Crippen molar-refractivity contribution in [3.8, 4) is 0 Å². The van der Waals surface area contributed by atoms with Gasteiger partial charge >= 0.3 is 0 Å². The van der Waals surface area contributed by atoms with Crippen LogP contribution in [0.1, 0.15) is 47.1 Å². The highest BCUT2D eigenvalue weighted by atomic mass is 32.2. The number of carbonyl (C=O) groups is 2. The van der Waals surface area contributed by atoms with Gasteiger partial charge in [-0.15, -0.1) is 0 Å². The van der Waals surface area contributed by atoms with E-state index in [2.05, 4.69) is 5.32 Å². The molecule has 6 nitrogen and oxygen atoms in total. The molecule has 2 aromatic carbocycles. The first-order valence-corrected chi connectivity index (χ1v) is 10.2. The monoisotopic (exact) mass is 388 g/mol. The van der Waals surface area contributed by atoms with E-state index in [0.717, 1.165) is 0 Å². The number of nitrogens with zero attached hydrogens (tertiary/aromatic N) is 1. The minimum Gasteiger partial charge on any atom is -0.322 e. The summed E-state index contributed by atoms with van der Waals surface area (Å²) in [5.74, 6) is -0.541. The zero-order chi connectivity index (χ0) is 20.2. The molecule has 0 aliphatic heterocycles. The number of rotatable bonds is 7. The van der Waals surface area contributed by atoms with Gasteiger partial charge in [-0.05, 0) is 43.7 Å². The first-order chi connectivity index (χ1) is 12.7. The second kappa shape index (κ2) is 8.45. The van der Waals surface area contributed by atoms with Gasteiger partial charge in [0.2, 0.25) is 10.0 Å². The van der Waals surface area contributed by atoms with Crippen LogP contribution in [0.5, 0.6) is 0 Å². The number of anilines is 1. The number of nitrogens with one attached hydrogen (secondary N) is 1. The van der Waals surface area contributed by atoms with Crippen molar-refractivity contribution in [2.24, 2.45) is 0 Å². The molecule has 0 aromatic heterocycles. The molecule has 2 rings (SSSR count). The van der Waals surface area contributed by atoms with E-state index in [0.29, 0.717) is 29.9 Å². The molecule has 0 bridgehead atoms. The third-order valence-electron chi connectivity index (χ3n) is 4.30. The highest BCUT2D eigenvalue weighted by molar-refractivity contribution is 7.89. The molecule has 0 saturated heterocycles. The highest BCUT2D eigenvalue weighted by Crippen LogP contribution is 2.22. The maximum absolute atomic E-state index is 12.8. The van der Waals surface area contributed by atoms with Gasteiger partial charge in [0.1, 0.15) is 0 Å². The summed E-state index contributed by atoms with van der Waals surface area (Å²) in [5, 5.41) is 2.71. The maximum Gasteiger partial charge on any atom is 0.255 e. The summed E-state index contributed by atoms with van der Waals surface area (Å²) in [4.78, 5) is 24.2. The number of Topliss-reactive ketones (excluding diaryl/α,β-unsaturated/α-hetero) is 1. The number of amides is 1. The largest absolute Gasteiger partial charge is 0.322 e. The van der Waals surface area contributed by atoms with Gasteiger partial charge in [-0.3, -0.25) is 9.59 Å². The highest BCUT2D eigenvalue weighted by Gasteiger charge is 2.24. The lowest BCUT2D eigenvalue weighted by molar-refractivity contribution is 0.101. The smallest absolute Gasteiger partial charge is 0.255 e. The van der Waals surface area contributed by atoms with E-state index in [-0.39, 0.29) is 16.2 Å². The predicted octanol–water partition coefficient (Wildman–Crippen LogP) is 3.48. The molecule has 0 unspecified atom stereocenters. The zero-order valence-corrected chi connectivity index (χ0v) is 16.8. The molecule has 0 heterocycles. The van der Waals surface area contributed by atoms with Crippen molar-refractivity contribution in [3.63, 3.8) is 0 Å². The Labute approximate surface area is 160 Å². The number of carbonyl (C=O) groups excluding carboxylic acids is 2. The summed E-state index contributed by atoms with van der Waals surface area (Å²) < 4.78 is 27.0. The Bertz CT molecular complexity index is 964. The summed E-state index contributed by atoms with van der Waals surface area (Å²) in [6.45, 7) is 7.41. The maximum atomic E-state index is 12.8. The lowest BCUT2D eigenvalue weighted by atomic mass is 10.1. The van der Waals surface area contributed by atoms with Crippen LogP contribution < -0.4 is 5.32 Å². The Hall–Kier alpha value is -2.51. The fraction of sp³-hybridized carbons (Fsp3) is 0.300. The topological polar surface area (TPSA) is 83.6 Å². The van der Waals surface area contributed by atoms with Crippen LogP contribution in [0.2, 0.25) is 0 Å². The molecule has 0 saturated carbocycles. The van der Waals surface area contributed by atoms with Gasteiger partial charge in [0, 0.05) is 29.9 Å². The lowest BCUT2D eigenvalue weighted by Crippen LogP contribution is -2.31. The number of hydrogen-bond acceptors (Lipinski definition) is 4. The molecule has 0 aliphatic rings. The van der Waals surface area contributed by atoms with E-state index in [9.17, 15) is 18.0 Å². The first-order valence-electron chi connectivity index (χ1n) is 8.73. The van der Waals surface area contributed by atoms with Crippen molar-refractivity contribution < 1.29 is 18.0 Å². The van der Waals surface area contributed by atoms with Gasteiger partial charge < -0.3 is 5.32 Å². The Kier molecular flexibility index (Phi) is 6.51. The molecule has 144 valence electrons. The predicted molar refractivity (Wildman–Crippen MR) is 106 cm³/mol. The SMILES string of the molecule is CCN(CC)S(=O)(=O)c1cc(C(=O)Nc2cccc(C(C)=O)c2)ccc1C. The van der Waals surface area contributed by atoms with E-state index in [1.54, 1.807) is 57.2 Å². The van der Waals surface area contributed by atoms with E-state index >= 15 is 0 Å². The van der Waals surface area contributed by atoms with E-state index < -0.39 is 15.9 Å². The van der Waals surface area contributed by atoms with Gasteiger partial charge in [0.05, 0.1) is 4.90 Å². The summed E-state index contributed by atoms with van der Waals surface area (Å²) in [7, 11) is -3.67. The molecule has 1 amide bonds. The summed E-state index contributed by atoms with van der Waals surface area (Å²) >= 11 is 0. The van der Waals surface area contributed by atoms with Crippen molar-refractivity contribution in [1.29, 1.82) is 0 Å². The van der Waals surface area contributed by atoms with Crippen molar-refractivity contribution in [1.82, 2.24) is 4.31 Å². The molecule has 7 heteroatoms. The van der Waals surface area contributed by atoms with Gasteiger partial charge in [-0.2, -0.15) is 4.31 Å². The average molecular weight is 388 g/mol. The van der Waals surface area contributed by atoms with Crippen LogP contribution >= 0.6 is 0 Å². The summed E-state index contributed by atoms with van der Waals surface area (Å²) in [5.41, 5.74) is 1.78. The van der Waals surface area contributed by atoms with Crippen molar-refractivity contribution in [2.75, 3.05) is 18.4 Å². The molecule has 1 N–H and O–H groups in total. The minimum absolute atomic E-state index is 0.103. The molecule has 2 aromatic rings. The zero-order valence-electron chi connectivity index (χ0n) is 15.9. The fourth-order valence-corrected chi connectivity index (χ4v) is 4.45. The van der Waals surface area contributed by atoms with Gasteiger partial charge in [-0.1, -0.05) is 32.0 Å². The molecule has 0 atom stereocenters. The molecule has 0 spiro atoms.